The van der Waals surface area contributed by atoms with Gasteiger partial charge in [0.15, 0.2) is 0 Å². The lowest BCUT2D eigenvalue weighted by atomic mass is 10.2. The van der Waals surface area contributed by atoms with Crippen molar-refractivity contribution in [2.24, 2.45) is 5.73 Å². The molecular weight excluding hydrogens is 308 g/mol. The number of halogens is 1. The van der Waals surface area contributed by atoms with Crippen LogP contribution in [0.1, 0.15) is 23.0 Å². The number of nitrogens with zero attached hydrogens (tertiary/aromatic N) is 1. The molecule has 3 nitrogen and oxygen atoms in total. The smallest absolute Gasteiger partial charge is 0.263 e. The molecule has 88 valence electrons. The van der Waals surface area contributed by atoms with Gasteiger partial charge in [0.1, 0.15) is 0 Å². The molecule has 1 unspecified atom stereocenters. The molecule has 1 rings (SSSR count). The van der Waals surface area contributed by atoms with Gasteiger partial charge in [0.05, 0.1) is 13.7 Å². The third kappa shape index (κ3) is 3.54. The van der Waals surface area contributed by atoms with E-state index in [0.29, 0.717) is 16.3 Å². The van der Waals surface area contributed by atoms with Gasteiger partial charge in [-0.2, -0.15) is 0 Å². The zero-order valence-electron chi connectivity index (χ0n) is 9.07. The minimum Gasteiger partial charge on any atom is -0.393 e. The Bertz CT molecular complexity index is 405. The maximum atomic E-state index is 12.0. The lowest BCUT2D eigenvalue weighted by molar-refractivity contribution is 0.0753. The van der Waals surface area contributed by atoms with Crippen LogP contribution in [-0.4, -0.2) is 28.9 Å². The summed E-state index contributed by atoms with van der Waals surface area (Å²) >= 11 is 9.59. The molecule has 2 N–H and O–H groups in total. The Kier molecular flexibility index (Phi) is 4.89. The first-order valence-electron chi connectivity index (χ1n) is 4.72. The molecule has 0 aliphatic rings. The highest BCUT2D eigenvalue weighted by Gasteiger charge is 2.19. The van der Waals surface area contributed by atoms with Gasteiger partial charge in [0.2, 0.25) is 0 Å². The van der Waals surface area contributed by atoms with Crippen LogP contribution in [0, 0.1) is 0 Å². The van der Waals surface area contributed by atoms with Crippen LogP contribution in [0.25, 0.3) is 0 Å². The van der Waals surface area contributed by atoms with Crippen molar-refractivity contribution < 1.29 is 4.79 Å². The fourth-order valence-electron chi connectivity index (χ4n) is 1.23. The lowest BCUT2D eigenvalue weighted by Gasteiger charge is -2.23. The van der Waals surface area contributed by atoms with E-state index in [1.165, 1.54) is 11.3 Å². The van der Waals surface area contributed by atoms with Crippen LogP contribution < -0.4 is 5.73 Å². The van der Waals surface area contributed by atoms with E-state index in [9.17, 15) is 4.79 Å². The number of thiocarbonyl (C=S) groups is 1. The molecule has 0 saturated heterocycles. The van der Waals surface area contributed by atoms with Crippen molar-refractivity contribution in [1.82, 2.24) is 4.90 Å². The van der Waals surface area contributed by atoms with Crippen LogP contribution in [0.5, 0.6) is 0 Å². The molecule has 0 radical (unpaired) electrons. The van der Waals surface area contributed by atoms with Gasteiger partial charge in [0, 0.05) is 19.5 Å². The standard InChI is InChI=1S/C10H13BrN2OS2/c1-6(5-9(12)15)13(2)10(14)7-3-4-8(11)16-7/h3-4,6H,5H2,1-2H3,(H2,12,15). The molecule has 0 bridgehead atoms. The van der Waals surface area contributed by atoms with Gasteiger partial charge < -0.3 is 10.6 Å². The Morgan fingerprint density at radius 2 is 2.31 bits per heavy atom. The second-order valence-corrected chi connectivity index (χ2v) is 6.53. The van der Waals surface area contributed by atoms with Crippen LogP contribution in [0.2, 0.25) is 0 Å². The van der Waals surface area contributed by atoms with Crippen molar-refractivity contribution in [3.63, 3.8) is 0 Å². The van der Waals surface area contributed by atoms with E-state index in [0.717, 1.165) is 3.79 Å². The Morgan fingerprint density at radius 1 is 1.69 bits per heavy atom. The molecule has 0 aliphatic heterocycles. The highest BCUT2D eigenvalue weighted by Crippen LogP contribution is 2.23. The Labute approximate surface area is 113 Å². The SMILES string of the molecule is CC(CC(N)=S)N(C)C(=O)c1ccc(Br)s1. The first-order chi connectivity index (χ1) is 7.41. The molecule has 1 aromatic heterocycles. The molecule has 0 aliphatic carbocycles. The number of nitrogens with two attached hydrogens (primary N) is 1. The predicted octanol–water partition coefficient (Wildman–Crippen LogP) is 2.65. The molecule has 1 amide bonds. The van der Waals surface area contributed by atoms with Gasteiger partial charge in [-0.15, -0.1) is 11.3 Å². The summed E-state index contributed by atoms with van der Waals surface area (Å²) in [4.78, 5) is 14.8. The summed E-state index contributed by atoms with van der Waals surface area (Å²) in [7, 11) is 1.76. The van der Waals surface area contributed by atoms with Gasteiger partial charge in [-0.25, -0.2) is 0 Å². The van der Waals surface area contributed by atoms with E-state index in [4.69, 9.17) is 18.0 Å². The number of hydrogen-bond donors (Lipinski definition) is 1. The number of thiophene rings is 1. The molecule has 0 fully saturated rings. The number of carbonyl (C=O) groups is 1. The molecule has 16 heavy (non-hydrogen) atoms. The van der Waals surface area contributed by atoms with Gasteiger partial charge in [-0.3, -0.25) is 4.79 Å². The minimum absolute atomic E-state index is 0.000509. The number of amides is 1. The zero-order chi connectivity index (χ0) is 12.3. The highest BCUT2D eigenvalue weighted by molar-refractivity contribution is 9.11. The lowest BCUT2D eigenvalue weighted by Crippen LogP contribution is -2.37. The molecule has 0 spiro atoms. The van der Waals surface area contributed by atoms with E-state index in [1.54, 1.807) is 18.0 Å². The maximum Gasteiger partial charge on any atom is 0.263 e. The molecule has 1 aromatic rings. The van der Waals surface area contributed by atoms with Crippen molar-refractivity contribution in [2.45, 2.75) is 19.4 Å². The first-order valence-corrected chi connectivity index (χ1v) is 6.74. The van der Waals surface area contributed by atoms with Crippen LogP contribution >= 0.6 is 39.5 Å². The van der Waals surface area contributed by atoms with Crippen molar-refractivity contribution in [1.29, 1.82) is 0 Å². The van der Waals surface area contributed by atoms with E-state index < -0.39 is 0 Å². The summed E-state index contributed by atoms with van der Waals surface area (Å²) in [5, 5.41) is 0. The normalized spacial score (nSPS) is 12.2. The van der Waals surface area contributed by atoms with Crippen molar-refractivity contribution >= 4 is 50.4 Å². The largest absolute Gasteiger partial charge is 0.393 e. The monoisotopic (exact) mass is 320 g/mol. The fourth-order valence-corrected chi connectivity index (χ4v) is 2.84. The number of carbonyl (C=O) groups excluding carboxylic acids is 1. The summed E-state index contributed by atoms with van der Waals surface area (Å²) < 4.78 is 0.950. The van der Waals surface area contributed by atoms with Crippen LogP contribution in [0.3, 0.4) is 0 Å². The van der Waals surface area contributed by atoms with E-state index in [1.807, 2.05) is 13.0 Å². The van der Waals surface area contributed by atoms with Gasteiger partial charge in [-0.1, -0.05) is 12.2 Å². The Hall–Kier alpha value is -0.460. The van der Waals surface area contributed by atoms with Gasteiger partial charge in [0.25, 0.3) is 5.91 Å². The van der Waals surface area contributed by atoms with E-state index in [2.05, 4.69) is 15.9 Å². The molecule has 1 heterocycles. The van der Waals surface area contributed by atoms with Gasteiger partial charge >= 0.3 is 0 Å². The third-order valence-corrected chi connectivity index (χ3v) is 4.04. The maximum absolute atomic E-state index is 12.0. The quantitative estimate of drug-likeness (QED) is 0.867. The first kappa shape index (κ1) is 13.6. The minimum atomic E-state index is -0.000509. The summed E-state index contributed by atoms with van der Waals surface area (Å²) in [5.74, 6) is -0.000509. The van der Waals surface area contributed by atoms with Crippen LogP contribution in [0.15, 0.2) is 15.9 Å². The van der Waals surface area contributed by atoms with Crippen LogP contribution in [0.4, 0.5) is 0 Å². The Morgan fingerprint density at radius 3 is 2.75 bits per heavy atom. The Balaban J connectivity index is 2.70. The molecule has 0 saturated carbocycles. The van der Waals surface area contributed by atoms with Crippen molar-refractivity contribution in [3.8, 4) is 0 Å². The summed E-state index contributed by atoms with van der Waals surface area (Å²) in [6.07, 6.45) is 0.546. The molecule has 1 atom stereocenters. The molecular formula is C10H13BrN2OS2. The highest BCUT2D eigenvalue weighted by atomic mass is 79.9. The topological polar surface area (TPSA) is 46.3 Å². The third-order valence-electron chi connectivity index (χ3n) is 2.26. The fraction of sp³-hybridized carbons (Fsp3) is 0.400. The molecule has 6 heteroatoms. The second kappa shape index (κ2) is 5.75. The molecule has 0 aromatic carbocycles. The van der Waals surface area contributed by atoms with E-state index >= 15 is 0 Å². The van der Waals surface area contributed by atoms with Crippen molar-refractivity contribution in [3.05, 3.63) is 20.8 Å². The average molecular weight is 321 g/mol. The van der Waals surface area contributed by atoms with Crippen molar-refractivity contribution in [2.75, 3.05) is 7.05 Å². The summed E-state index contributed by atoms with van der Waals surface area (Å²) in [5.41, 5.74) is 5.46. The summed E-state index contributed by atoms with van der Waals surface area (Å²) in [6.45, 7) is 1.93. The number of rotatable bonds is 4. The predicted molar refractivity (Wildman–Crippen MR) is 75.0 cm³/mol. The summed E-state index contributed by atoms with van der Waals surface area (Å²) in [6, 6.07) is 3.69. The second-order valence-electron chi connectivity index (χ2n) is 3.54. The number of hydrogen-bond acceptors (Lipinski definition) is 3. The van der Waals surface area contributed by atoms with Crippen LogP contribution in [-0.2, 0) is 0 Å². The average Bonchev–Trinajstić information content (AvgIpc) is 2.61. The zero-order valence-corrected chi connectivity index (χ0v) is 12.3. The van der Waals surface area contributed by atoms with Gasteiger partial charge in [-0.05, 0) is 35.0 Å². The van der Waals surface area contributed by atoms with E-state index in [-0.39, 0.29) is 11.9 Å².